The Balaban J connectivity index is 2.01. The van der Waals surface area contributed by atoms with Gasteiger partial charge in [-0.1, -0.05) is 6.42 Å². The predicted molar refractivity (Wildman–Crippen MR) is 68.9 cm³/mol. The summed E-state index contributed by atoms with van der Waals surface area (Å²) in [5.41, 5.74) is 3.14. The molecule has 0 aliphatic carbocycles. The van der Waals surface area contributed by atoms with Crippen LogP contribution in [0.4, 0.5) is 0 Å². The summed E-state index contributed by atoms with van der Waals surface area (Å²) in [5, 5.41) is 9.17. The molecule has 1 saturated heterocycles. The van der Waals surface area contributed by atoms with E-state index in [4.69, 9.17) is 5.26 Å². The molecule has 2 rings (SSSR count). The normalized spacial score (nSPS) is 17.0. The van der Waals surface area contributed by atoms with Crippen LogP contribution in [0.25, 0.3) is 0 Å². The molecule has 0 amide bonds. The van der Waals surface area contributed by atoms with Gasteiger partial charge < -0.3 is 9.47 Å². The molecule has 0 spiro atoms. The zero-order valence-electron chi connectivity index (χ0n) is 10.9. The van der Waals surface area contributed by atoms with Crippen molar-refractivity contribution in [3.05, 3.63) is 23.0 Å². The number of aromatic nitrogens is 1. The fourth-order valence-electron chi connectivity index (χ4n) is 2.71. The number of likely N-dealkylation sites (tertiary alicyclic amines) is 1. The third-order valence-corrected chi connectivity index (χ3v) is 3.69. The standard InChI is InChI=1S/C14H21N3/c1-12-10-13(2)17(14(12)11-15)9-8-16-6-4-3-5-7-16/h10H,3-9H2,1-2H3. The molecular weight excluding hydrogens is 210 g/mol. The van der Waals surface area contributed by atoms with Crippen LogP contribution in [0.1, 0.15) is 36.2 Å². The van der Waals surface area contributed by atoms with Crippen LogP contribution in [0.2, 0.25) is 0 Å². The second-order valence-electron chi connectivity index (χ2n) is 4.98. The minimum absolute atomic E-state index is 0.833. The molecule has 1 fully saturated rings. The van der Waals surface area contributed by atoms with Crippen molar-refractivity contribution in [2.75, 3.05) is 19.6 Å². The lowest BCUT2D eigenvalue weighted by atomic mass is 10.1. The van der Waals surface area contributed by atoms with Crippen LogP contribution < -0.4 is 0 Å². The molecule has 1 aromatic rings. The molecule has 17 heavy (non-hydrogen) atoms. The number of rotatable bonds is 3. The van der Waals surface area contributed by atoms with E-state index in [1.807, 2.05) is 6.92 Å². The number of aryl methyl sites for hydroxylation is 2. The molecule has 0 atom stereocenters. The van der Waals surface area contributed by atoms with Crippen molar-refractivity contribution in [1.29, 1.82) is 5.26 Å². The first kappa shape index (κ1) is 12.2. The van der Waals surface area contributed by atoms with Gasteiger partial charge in [0.2, 0.25) is 0 Å². The van der Waals surface area contributed by atoms with Crippen LogP contribution >= 0.6 is 0 Å². The summed E-state index contributed by atoms with van der Waals surface area (Å²) < 4.78 is 2.16. The van der Waals surface area contributed by atoms with Crippen molar-refractivity contribution < 1.29 is 0 Å². The quantitative estimate of drug-likeness (QED) is 0.800. The van der Waals surface area contributed by atoms with E-state index >= 15 is 0 Å². The minimum atomic E-state index is 0.833. The van der Waals surface area contributed by atoms with Crippen molar-refractivity contribution in [3.8, 4) is 6.07 Å². The van der Waals surface area contributed by atoms with Gasteiger partial charge in [-0.15, -0.1) is 0 Å². The van der Waals surface area contributed by atoms with Crippen molar-refractivity contribution in [2.45, 2.75) is 39.7 Å². The van der Waals surface area contributed by atoms with E-state index in [-0.39, 0.29) is 0 Å². The van der Waals surface area contributed by atoms with Gasteiger partial charge in [-0.2, -0.15) is 5.26 Å². The van der Waals surface area contributed by atoms with Gasteiger partial charge in [-0.25, -0.2) is 0 Å². The molecule has 92 valence electrons. The van der Waals surface area contributed by atoms with E-state index < -0.39 is 0 Å². The Morgan fingerprint density at radius 1 is 1.18 bits per heavy atom. The van der Waals surface area contributed by atoms with Gasteiger partial charge in [0.15, 0.2) is 0 Å². The first-order valence-electron chi connectivity index (χ1n) is 6.51. The second kappa shape index (κ2) is 5.37. The average molecular weight is 231 g/mol. The molecule has 0 bridgehead atoms. The summed E-state index contributed by atoms with van der Waals surface area (Å²) in [7, 11) is 0. The van der Waals surface area contributed by atoms with Crippen LogP contribution in [0.3, 0.4) is 0 Å². The zero-order valence-corrected chi connectivity index (χ0v) is 10.9. The smallest absolute Gasteiger partial charge is 0.123 e. The maximum atomic E-state index is 9.17. The summed E-state index contributed by atoms with van der Waals surface area (Å²) in [6.45, 7) is 8.57. The summed E-state index contributed by atoms with van der Waals surface area (Å²) >= 11 is 0. The van der Waals surface area contributed by atoms with Gasteiger partial charge in [0.25, 0.3) is 0 Å². The number of hydrogen-bond donors (Lipinski definition) is 0. The van der Waals surface area contributed by atoms with E-state index in [0.717, 1.165) is 24.3 Å². The molecule has 0 saturated carbocycles. The lowest BCUT2D eigenvalue weighted by Gasteiger charge is -2.26. The third-order valence-electron chi connectivity index (χ3n) is 3.69. The summed E-state index contributed by atoms with van der Waals surface area (Å²) in [6.07, 6.45) is 4.03. The molecule has 1 aromatic heterocycles. The summed E-state index contributed by atoms with van der Waals surface area (Å²) in [6, 6.07) is 4.42. The van der Waals surface area contributed by atoms with Crippen LogP contribution in [-0.4, -0.2) is 29.1 Å². The average Bonchev–Trinajstić information content (AvgIpc) is 2.62. The molecule has 2 heterocycles. The molecule has 3 heteroatoms. The molecule has 1 aliphatic rings. The summed E-state index contributed by atoms with van der Waals surface area (Å²) in [5.74, 6) is 0. The molecule has 0 radical (unpaired) electrons. The lowest BCUT2D eigenvalue weighted by molar-refractivity contribution is 0.220. The highest BCUT2D eigenvalue weighted by atomic mass is 15.2. The monoisotopic (exact) mass is 231 g/mol. The highest BCUT2D eigenvalue weighted by molar-refractivity contribution is 5.35. The van der Waals surface area contributed by atoms with Gasteiger partial charge in [0.05, 0.1) is 0 Å². The topological polar surface area (TPSA) is 32.0 Å². The molecule has 0 N–H and O–H groups in total. The SMILES string of the molecule is Cc1cc(C)n(CCN2CCCCC2)c1C#N. The van der Waals surface area contributed by atoms with Crippen LogP contribution in [0, 0.1) is 25.2 Å². The van der Waals surface area contributed by atoms with E-state index in [0.29, 0.717) is 0 Å². The highest BCUT2D eigenvalue weighted by Crippen LogP contribution is 2.15. The summed E-state index contributed by atoms with van der Waals surface area (Å²) in [4.78, 5) is 2.51. The number of nitrogens with zero attached hydrogens (tertiary/aromatic N) is 3. The Kier molecular flexibility index (Phi) is 3.86. The predicted octanol–water partition coefficient (Wildman–Crippen LogP) is 2.46. The Morgan fingerprint density at radius 3 is 2.53 bits per heavy atom. The molecule has 0 aromatic carbocycles. The first-order chi connectivity index (χ1) is 8.22. The largest absolute Gasteiger partial charge is 0.335 e. The van der Waals surface area contributed by atoms with Crippen molar-refractivity contribution in [2.24, 2.45) is 0 Å². The van der Waals surface area contributed by atoms with Gasteiger partial charge in [-0.3, -0.25) is 0 Å². The Morgan fingerprint density at radius 2 is 1.88 bits per heavy atom. The number of piperidine rings is 1. The van der Waals surface area contributed by atoms with Gasteiger partial charge in [-0.05, 0) is 51.4 Å². The number of hydrogen-bond acceptors (Lipinski definition) is 2. The first-order valence-corrected chi connectivity index (χ1v) is 6.51. The maximum Gasteiger partial charge on any atom is 0.123 e. The Bertz CT molecular complexity index is 419. The van der Waals surface area contributed by atoms with Gasteiger partial charge in [0.1, 0.15) is 11.8 Å². The molecule has 1 aliphatic heterocycles. The van der Waals surface area contributed by atoms with E-state index in [1.165, 1.54) is 38.0 Å². The van der Waals surface area contributed by atoms with Crippen LogP contribution in [0.15, 0.2) is 6.07 Å². The zero-order chi connectivity index (χ0) is 12.3. The van der Waals surface area contributed by atoms with Crippen molar-refractivity contribution >= 4 is 0 Å². The Hall–Kier alpha value is -1.27. The van der Waals surface area contributed by atoms with Crippen LogP contribution in [-0.2, 0) is 6.54 Å². The van der Waals surface area contributed by atoms with Crippen molar-refractivity contribution in [1.82, 2.24) is 9.47 Å². The number of nitriles is 1. The van der Waals surface area contributed by atoms with E-state index in [2.05, 4.69) is 28.5 Å². The van der Waals surface area contributed by atoms with Crippen LogP contribution in [0.5, 0.6) is 0 Å². The fraction of sp³-hybridized carbons (Fsp3) is 0.643. The van der Waals surface area contributed by atoms with E-state index in [1.54, 1.807) is 0 Å². The van der Waals surface area contributed by atoms with Crippen molar-refractivity contribution in [3.63, 3.8) is 0 Å². The molecule has 0 unspecified atom stereocenters. The van der Waals surface area contributed by atoms with E-state index in [9.17, 15) is 0 Å². The highest BCUT2D eigenvalue weighted by Gasteiger charge is 2.13. The minimum Gasteiger partial charge on any atom is -0.335 e. The maximum absolute atomic E-state index is 9.17. The third kappa shape index (κ3) is 2.70. The van der Waals surface area contributed by atoms with Gasteiger partial charge >= 0.3 is 0 Å². The lowest BCUT2D eigenvalue weighted by Crippen LogP contribution is -2.32. The second-order valence-corrected chi connectivity index (χ2v) is 4.98. The fourth-order valence-corrected chi connectivity index (χ4v) is 2.71. The molecular formula is C14H21N3. The molecule has 3 nitrogen and oxygen atoms in total. The Labute approximate surface area is 104 Å². The van der Waals surface area contributed by atoms with Gasteiger partial charge in [0, 0.05) is 18.8 Å².